The van der Waals surface area contributed by atoms with Crippen LogP contribution in [0.4, 0.5) is 0 Å². The minimum Gasteiger partial charge on any atom is -0.508 e. The molecule has 0 bridgehead atoms. The molecule has 0 spiro atoms. The molecule has 0 unspecified atom stereocenters. The van der Waals surface area contributed by atoms with Gasteiger partial charge in [-0.2, -0.15) is 0 Å². The molecular formula is C14H12O3. The molecule has 0 fully saturated rings. The minimum absolute atomic E-state index is 0.130. The molecule has 0 saturated heterocycles. The number of fused-ring (bicyclic) bond motifs is 1. The third-order valence-electron chi connectivity index (χ3n) is 2.67. The number of carbonyl (C=O) groups is 1. The number of hydrogen-bond acceptors (Lipinski definition) is 2. The Hall–Kier alpha value is -2.29. The molecule has 0 aliphatic carbocycles. The zero-order valence-corrected chi connectivity index (χ0v) is 9.34. The predicted molar refractivity (Wildman–Crippen MR) is 66.9 cm³/mol. The number of phenols is 1. The van der Waals surface area contributed by atoms with Gasteiger partial charge in [-0.15, -0.1) is 0 Å². The Kier molecular flexibility index (Phi) is 2.83. The maximum atomic E-state index is 11.1. The van der Waals surface area contributed by atoms with Crippen LogP contribution in [0, 0.1) is 0 Å². The molecule has 0 aliphatic rings. The molecule has 0 atom stereocenters. The average molecular weight is 228 g/mol. The first-order valence-corrected chi connectivity index (χ1v) is 5.25. The molecule has 0 saturated carbocycles. The zero-order valence-electron chi connectivity index (χ0n) is 9.34. The van der Waals surface area contributed by atoms with Crippen LogP contribution >= 0.6 is 0 Å². The first-order valence-electron chi connectivity index (χ1n) is 5.25. The second kappa shape index (κ2) is 4.29. The Morgan fingerprint density at radius 2 is 2.00 bits per heavy atom. The minimum atomic E-state index is -0.969. The van der Waals surface area contributed by atoms with Crippen LogP contribution < -0.4 is 0 Å². The van der Waals surface area contributed by atoms with Crippen molar-refractivity contribution in [1.29, 1.82) is 0 Å². The lowest BCUT2D eigenvalue weighted by molar-refractivity contribution is -0.130. The molecule has 0 radical (unpaired) electrons. The largest absolute Gasteiger partial charge is 0.508 e. The SMILES string of the molecule is C/C=C(/C(=O)O)c1cccc2ccc(O)cc12. The first kappa shape index (κ1) is 11.2. The lowest BCUT2D eigenvalue weighted by Gasteiger charge is -2.07. The normalized spacial score (nSPS) is 11.7. The summed E-state index contributed by atoms with van der Waals surface area (Å²) < 4.78 is 0. The second-order valence-corrected chi connectivity index (χ2v) is 3.72. The monoisotopic (exact) mass is 228 g/mol. The highest BCUT2D eigenvalue weighted by molar-refractivity contribution is 6.19. The third-order valence-corrected chi connectivity index (χ3v) is 2.67. The van der Waals surface area contributed by atoms with Crippen LogP contribution in [0.2, 0.25) is 0 Å². The summed E-state index contributed by atoms with van der Waals surface area (Å²) >= 11 is 0. The zero-order chi connectivity index (χ0) is 12.4. The van der Waals surface area contributed by atoms with Crippen molar-refractivity contribution in [3.8, 4) is 5.75 Å². The van der Waals surface area contributed by atoms with Crippen LogP contribution in [0.1, 0.15) is 12.5 Å². The van der Waals surface area contributed by atoms with Gasteiger partial charge in [0.15, 0.2) is 0 Å². The number of aliphatic carboxylic acids is 1. The van der Waals surface area contributed by atoms with Crippen molar-refractivity contribution in [2.75, 3.05) is 0 Å². The molecule has 2 aromatic rings. The number of carboxylic acids is 1. The molecule has 17 heavy (non-hydrogen) atoms. The fourth-order valence-electron chi connectivity index (χ4n) is 1.89. The smallest absolute Gasteiger partial charge is 0.335 e. The number of allylic oxidation sites excluding steroid dienone is 1. The van der Waals surface area contributed by atoms with Crippen LogP contribution in [0.15, 0.2) is 42.5 Å². The van der Waals surface area contributed by atoms with Crippen LogP contribution in [0.3, 0.4) is 0 Å². The van der Waals surface area contributed by atoms with Gasteiger partial charge < -0.3 is 10.2 Å². The summed E-state index contributed by atoms with van der Waals surface area (Å²) in [5, 5.41) is 20.2. The van der Waals surface area contributed by atoms with Gasteiger partial charge in [0.2, 0.25) is 0 Å². The van der Waals surface area contributed by atoms with E-state index in [1.54, 1.807) is 43.3 Å². The second-order valence-electron chi connectivity index (χ2n) is 3.72. The maximum Gasteiger partial charge on any atom is 0.335 e. The molecule has 0 aliphatic heterocycles. The summed E-state index contributed by atoms with van der Waals surface area (Å²) in [6.45, 7) is 1.69. The molecule has 0 amide bonds. The first-order chi connectivity index (χ1) is 8.13. The predicted octanol–water partition coefficient (Wildman–Crippen LogP) is 3.03. The molecule has 2 rings (SSSR count). The quantitative estimate of drug-likeness (QED) is 0.777. The Balaban J connectivity index is 2.77. The van der Waals surface area contributed by atoms with E-state index in [0.717, 1.165) is 10.8 Å². The van der Waals surface area contributed by atoms with Crippen LogP contribution in [0.5, 0.6) is 5.75 Å². The van der Waals surface area contributed by atoms with E-state index < -0.39 is 5.97 Å². The topological polar surface area (TPSA) is 57.5 Å². The Bertz CT molecular complexity index is 612. The van der Waals surface area contributed by atoms with Gasteiger partial charge in [-0.3, -0.25) is 0 Å². The van der Waals surface area contributed by atoms with Crippen molar-refractivity contribution in [3.63, 3.8) is 0 Å². The fraction of sp³-hybridized carbons (Fsp3) is 0.0714. The molecule has 0 heterocycles. The molecular weight excluding hydrogens is 216 g/mol. The van der Waals surface area contributed by atoms with E-state index in [-0.39, 0.29) is 11.3 Å². The molecule has 2 aromatic carbocycles. The number of hydrogen-bond donors (Lipinski definition) is 2. The summed E-state index contributed by atoms with van der Waals surface area (Å²) in [5.41, 5.74) is 0.856. The average Bonchev–Trinajstić information content (AvgIpc) is 2.30. The summed E-state index contributed by atoms with van der Waals surface area (Å²) in [7, 11) is 0. The van der Waals surface area contributed by atoms with Gasteiger partial charge in [0.1, 0.15) is 5.75 Å². The summed E-state index contributed by atoms with van der Waals surface area (Å²) in [6, 6.07) is 10.4. The van der Waals surface area contributed by atoms with Crippen molar-refractivity contribution in [2.24, 2.45) is 0 Å². The van der Waals surface area contributed by atoms with E-state index in [9.17, 15) is 9.90 Å². The number of aromatic hydroxyl groups is 1. The molecule has 2 N–H and O–H groups in total. The van der Waals surface area contributed by atoms with Gasteiger partial charge in [-0.05, 0) is 35.4 Å². The Morgan fingerprint density at radius 1 is 1.24 bits per heavy atom. The fourth-order valence-corrected chi connectivity index (χ4v) is 1.89. The Morgan fingerprint density at radius 3 is 2.65 bits per heavy atom. The van der Waals surface area contributed by atoms with Crippen molar-refractivity contribution in [1.82, 2.24) is 0 Å². The highest BCUT2D eigenvalue weighted by Crippen LogP contribution is 2.28. The van der Waals surface area contributed by atoms with Crippen LogP contribution in [-0.4, -0.2) is 16.2 Å². The van der Waals surface area contributed by atoms with Gasteiger partial charge in [0.25, 0.3) is 0 Å². The van der Waals surface area contributed by atoms with Gasteiger partial charge in [0.05, 0.1) is 5.57 Å². The maximum absolute atomic E-state index is 11.1. The number of rotatable bonds is 2. The van der Waals surface area contributed by atoms with Gasteiger partial charge >= 0.3 is 5.97 Å². The lowest BCUT2D eigenvalue weighted by Crippen LogP contribution is -1.99. The summed E-state index contributed by atoms with van der Waals surface area (Å²) in [4.78, 5) is 11.1. The van der Waals surface area contributed by atoms with E-state index in [1.165, 1.54) is 0 Å². The van der Waals surface area contributed by atoms with E-state index in [1.807, 2.05) is 6.07 Å². The molecule has 86 valence electrons. The summed E-state index contributed by atoms with van der Waals surface area (Å²) in [6.07, 6.45) is 1.56. The van der Waals surface area contributed by atoms with E-state index in [0.29, 0.717) is 5.56 Å². The molecule has 3 heteroatoms. The van der Waals surface area contributed by atoms with Crippen molar-refractivity contribution < 1.29 is 15.0 Å². The van der Waals surface area contributed by atoms with Crippen molar-refractivity contribution in [2.45, 2.75) is 6.92 Å². The van der Waals surface area contributed by atoms with Gasteiger partial charge in [0, 0.05) is 0 Å². The number of phenolic OH excluding ortho intramolecular Hbond substituents is 1. The highest BCUT2D eigenvalue weighted by atomic mass is 16.4. The standard InChI is InChI=1S/C14H12O3/c1-2-11(14(16)17)12-5-3-4-9-6-7-10(15)8-13(9)12/h2-8,15H,1H3,(H,16,17)/b11-2+. The number of carboxylic acid groups (broad SMARTS) is 1. The Labute approximate surface area is 98.6 Å². The van der Waals surface area contributed by atoms with E-state index in [2.05, 4.69) is 0 Å². The number of benzene rings is 2. The van der Waals surface area contributed by atoms with Gasteiger partial charge in [-0.25, -0.2) is 4.79 Å². The van der Waals surface area contributed by atoms with Crippen molar-refractivity contribution in [3.05, 3.63) is 48.0 Å². The summed E-state index contributed by atoms with van der Waals surface area (Å²) in [5.74, 6) is -0.839. The van der Waals surface area contributed by atoms with Gasteiger partial charge in [-0.1, -0.05) is 30.3 Å². The highest BCUT2D eigenvalue weighted by Gasteiger charge is 2.12. The van der Waals surface area contributed by atoms with Crippen molar-refractivity contribution >= 4 is 22.3 Å². The molecule has 3 nitrogen and oxygen atoms in total. The third kappa shape index (κ3) is 1.99. The van der Waals surface area contributed by atoms with Crippen LogP contribution in [0.25, 0.3) is 16.3 Å². The lowest BCUT2D eigenvalue weighted by atomic mass is 9.98. The van der Waals surface area contributed by atoms with Crippen LogP contribution in [-0.2, 0) is 4.79 Å². The van der Waals surface area contributed by atoms with E-state index >= 15 is 0 Å². The van der Waals surface area contributed by atoms with E-state index in [4.69, 9.17) is 5.11 Å². The molecule has 0 aromatic heterocycles.